The first-order chi connectivity index (χ1) is 11.5. The van der Waals surface area contributed by atoms with Crippen molar-refractivity contribution in [3.8, 4) is 5.75 Å². The average molecular weight is 332 g/mol. The molecule has 24 heavy (non-hydrogen) atoms. The zero-order valence-corrected chi connectivity index (χ0v) is 15.0. The Balaban J connectivity index is 2.12. The summed E-state index contributed by atoms with van der Waals surface area (Å²) in [6.45, 7) is 7.66. The fraction of sp³-hybridized carbons (Fsp3) is 0.556. The van der Waals surface area contributed by atoms with Crippen molar-refractivity contribution in [1.29, 1.82) is 0 Å². The highest BCUT2D eigenvalue weighted by Gasteiger charge is 2.27. The van der Waals surface area contributed by atoms with E-state index in [2.05, 4.69) is 27.0 Å². The molecule has 6 nitrogen and oxygen atoms in total. The van der Waals surface area contributed by atoms with Crippen LogP contribution in [0.15, 0.2) is 29.3 Å². The number of nitrogens with zero attached hydrogens (tertiary/aromatic N) is 1. The molecule has 0 radical (unpaired) electrons. The lowest BCUT2D eigenvalue weighted by molar-refractivity contribution is -0.128. The van der Waals surface area contributed by atoms with Gasteiger partial charge in [0.1, 0.15) is 5.75 Å². The first-order valence-corrected chi connectivity index (χ1v) is 8.46. The Morgan fingerprint density at radius 1 is 1.38 bits per heavy atom. The molecule has 0 aromatic heterocycles. The van der Waals surface area contributed by atoms with Crippen LogP contribution in [0.2, 0.25) is 0 Å². The van der Waals surface area contributed by atoms with Crippen LogP contribution in [0.25, 0.3) is 0 Å². The van der Waals surface area contributed by atoms with Crippen LogP contribution in [0.5, 0.6) is 5.75 Å². The van der Waals surface area contributed by atoms with Gasteiger partial charge in [0.15, 0.2) is 5.96 Å². The number of para-hydroxylation sites is 1. The summed E-state index contributed by atoms with van der Waals surface area (Å²) in [7, 11) is 1.65. The van der Waals surface area contributed by atoms with Gasteiger partial charge in [-0.3, -0.25) is 9.79 Å². The van der Waals surface area contributed by atoms with E-state index in [4.69, 9.17) is 4.74 Å². The third-order valence-electron chi connectivity index (χ3n) is 4.09. The average Bonchev–Trinajstić information content (AvgIpc) is 2.59. The molecular weight excluding hydrogens is 304 g/mol. The summed E-state index contributed by atoms with van der Waals surface area (Å²) in [4.78, 5) is 16.5. The van der Waals surface area contributed by atoms with Crippen LogP contribution in [0.1, 0.15) is 38.8 Å². The fourth-order valence-corrected chi connectivity index (χ4v) is 2.66. The maximum Gasteiger partial charge on any atom is 0.227 e. The standard InChI is InChI=1S/C18H28N4O2/c1-5-20-17(21-12-18(2,3)16(23)19-4)22-14-10-11-24-15-9-7-6-8-13(14)15/h6-9,14H,5,10-12H2,1-4H3,(H,19,23)(H2,20,21,22). The van der Waals surface area contributed by atoms with Gasteiger partial charge in [-0.25, -0.2) is 0 Å². The zero-order valence-electron chi connectivity index (χ0n) is 15.0. The van der Waals surface area contributed by atoms with Crippen LogP contribution in [0.4, 0.5) is 0 Å². The Bertz CT molecular complexity index is 598. The van der Waals surface area contributed by atoms with Crippen molar-refractivity contribution in [2.45, 2.75) is 33.2 Å². The quantitative estimate of drug-likeness (QED) is 0.568. The van der Waals surface area contributed by atoms with Gasteiger partial charge in [0.05, 0.1) is 24.6 Å². The van der Waals surface area contributed by atoms with E-state index in [1.54, 1.807) is 7.05 Å². The van der Waals surface area contributed by atoms with E-state index in [1.165, 1.54) is 0 Å². The predicted molar refractivity (Wildman–Crippen MR) is 96.3 cm³/mol. The van der Waals surface area contributed by atoms with Crippen molar-refractivity contribution in [2.75, 3.05) is 26.7 Å². The normalized spacial score (nSPS) is 17.5. The minimum Gasteiger partial charge on any atom is -0.493 e. The Hall–Kier alpha value is -2.24. The fourth-order valence-electron chi connectivity index (χ4n) is 2.66. The summed E-state index contributed by atoms with van der Waals surface area (Å²) < 4.78 is 5.70. The van der Waals surface area contributed by atoms with Gasteiger partial charge in [-0.1, -0.05) is 18.2 Å². The number of ether oxygens (including phenoxy) is 1. The van der Waals surface area contributed by atoms with Crippen LogP contribution in [-0.2, 0) is 4.79 Å². The first kappa shape index (κ1) is 18.1. The van der Waals surface area contributed by atoms with Gasteiger partial charge in [0.25, 0.3) is 0 Å². The van der Waals surface area contributed by atoms with Gasteiger partial charge in [0, 0.05) is 25.6 Å². The smallest absolute Gasteiger partial charge is 0.227 e. The number of rotatable bonds is 5. The second-order valence-corrected chi connectivity index (χ2v) is 6.53. The molecule has 132 valence electrons. The van der Waals surface area contributed by atoms with Crippen LogP contribution in [0, 0.1) is 5.41 Å². The van der Waals surface area contributed by atoms with E-state index in [9.17, 15) is 4.79 Å². The van der Waals surface area contributed by atoms with Gasteiger partial charge < -0.3 is 20.7 Å². The Kier molecular flexibility index (Phi) is 6.06. The molecule has 2 rings (SSSR count). The number of carbonyl (C=O) groups is 1. The lowest BCUT2D eigenvalue weighted by Crippen LogP contribution is -2.43. The number of guanidine groups is 1. The lowest BCUT2D eigenvalue weighted by Gasteiger charge is -2.28. The van der Waals surface area contributed by atoms with Crippen molar-refractivity contribution >= 4 is 11.9 Å². The molecule has 0 aliphatic carbocycles. The molecule has 0 bridgehead atoms. The first-order valence-electron chi connectivity index (χ1n) is 8.46. The molecule has 1 unspecified atom stereocenters. The second-order valence-electron chi connectivity index (χ2n) is 6.53. The molecule has 1 aliphatic heterocycles. The number of nitrogens with one attached hydrogen (secondary N) is 3. The van der Waals surface area contributed by atoms with Crippen molar-refractivity contribution < 1.29 is 9.53 Å². The van der Waals surface area contributed by atoms with Gasteiger partial charge >= 0.3 is 0 Å². The number of fused-ring (bicyclic) bond motifs is 1. The summed E-state index contributed by atoms with van der Waals surface area (Å²) in [5.41, 5.74) is 0.588. The van der Waals surface area contributed by atoms with Crippen LogP contribution in [0.3, 0.4) is 0 Å². The summed E-state index contributed by atoms with van der Waals surface area (Å²) in [5.74, 6) is 1.62. The van der Waals surface area contributed by atoms with E-state index in [0.29, 0.717) is 13.2 Å². The van der Waals surface area contributed by atoms with Crippen LogP contribution < -0.4 is 20.7 Å². The molecule has 0 saturated heterocycles. The molecule has 1 aromatic rings. The molecular formula is C18H28N4O2. The van der Waals surface area contributed by atoms with Gasteiger partial charge in [-0.15, -0.1) is 0 Å². The minimum atomic E-state index is -0.551. The topological polar surface area (TPSA) is 74.8 Å². The highest BCUT2D eigenvalue weighted by molar-refractivity contribution is 5.83. The Labute approximate surface area is 144 Å². The van der Waals surface area contributed by atoms with Gasteiger partial charge in [-0.2, -0.15) is 0 Å². The molecule has 0 saturated carbocycles. The molecule has 3 N–H and O–H groups in total. The highest BCUT2D eigenvalue weighted by Crippen LogP contribution is 2.31. The van der Waals surface area contributed by atoms with Crippen molar-refractivity contribution in [3.05, 3.63) is 29.8 Å². The van der Waals surface area contributed by atoms with Crippen molar-refractivity contribution in [3.63, 3.8) is 0 Å². The molecule has 1 aliphatic rings. The molecule has 1 atom stereocenters. The lowest BCUT2D eigenvalue weighted by atomic mass is 9.93. The number of hydrogen-bond acceptors (Lipinski definition) is 3. The number of benzene rings is 1. The van der Waals surface area contributed by atoms with Crippen molar-refractivity contribution in [1.82, 2.24) is 16.0 Å². The summed E-state index contributed by atoms with van der Waals surface area (Å²) in [6, 6.07) is 8.20. The van der Waals surface area contributed by atoms with Crippen LogP contribution >= 0.6 is 0 Å². The molecule has 6 heteroatoms. The summed E-state index contributed by atoms with van der Waals surface area (Å²) in [6.07, 6.45) is 0.875. The van der Waals surface area contributed by atoms with E-state index in [1.807, 2.05) is 39.0 Å². The number of aliphatic imine (C=N–C) groups is 1. The van der Waals surface area contributed by atoms with Gasteiger partial charge in [-0.05, 0) is 26.8 Å². The third-order valence-corrected chi connectivity index (χ3v) is 4.09. The summed E-state index contributed by atoms with van der Waals surface area (Å²) in [5, 5.41) is 9.42. The molecule has 1 heterocycles. The molecule has 0 fully saturated rings. The monoisotopic (exact) mass is 332 g/mol. The summed E-state index contributed by atoms with van der Waals surface area (Å²) >= 11 is 0. The SMILES string of the molecule is CCNC(=NCC(C)(C)C(=O)NC)NC1CCOc2ccccc21. The van der Waals surface area contributed by atoms with E-state index in [0.717, 1.165) is 30.2 Å². The Morgan fingerprint density at radius 3 is 2.83 bits per heavy atom. The highest BCUT2D eigenvalue weighted by atomic mass is 16.5. The number of hydrogen-bond donors (Lipinski definition) is 3. The largest absolute Gasteiger partial charge is 0.493 e. The molecule has 1 amide bonds. The Morgan fingerprint density at radius 2 is 2.12 bits per heavy atom. The number of amides is 1. The maximum absolute atomic E-state index is 11.9. The number of carbonyl (C=O) groups excluding carboxylic acids is 1. The molecule has 1 aromatic carbocycles. The minimum absolute atomic E-state index is 0.0153. The molecule has 0 spiro atoms. The van der Waals surface area contributed by atoms with Gasteiger partial charge in [0.2, 0.25) is 5.91 Å². The predicted octanol–water partition coefficient (Wildman–Crippen LogP) is 1.84. The van der Waals surface area contributed by atoms with Crippen LogP contribution in [-0.4, -0.2) is 38.6 Å². The van der Waals surface area contributed by atoms with E-state index >= 15 is 0 Å². The third kappa shape index (κ3) is 4.40. The van der Waals surface area contributed by atoms with E-state index < -0.39 is 5.41 Å². The van der Waals surface area contributed by atoms with E-state index in [-0.39, 0.29) is 11.9 Å². The maximum atomic E-state index is 11.9. The zero-order chi connectivity index (χ0) is 17.6. The second kappa shape index (κ2) is 8.04. The van der Waals surface area contributed by atoms with Crippen molar-refractivity contribution in [2.24, 2.45) is 10.4 Å².